The Hall–Kier alpha value is -2.61. The summed E-state index contributed by atoms with van der Waals surface area (Å²) in [6.45, 7) is 3.37. The van der Waals surface area contributed by atoms with Crippen molar-refractivity contribution in [2.24, 2.45) is 0 Å². The largest absolute Gasteiger partial charge is 0.417 e. The number of rotatable bonds is 2. The number of H-pyrrole nitrogens is 2. The van der Waals surface area contributed by atoms with Crippen molar-refractivity contribution in [3.63, 3.8) is 0 Å². The van der Waals surface area contributed by atoms with Crippen molar-refractivity contribution in [3.8, 4) is 22.4 Å². The summed E-state index contributed by atoms with van der Waals surface area (Å²) in [5.74, 6) is 0. The first kappa shape index (κ1) is 19.2. The van der Waals surface area contributed by atoms with Crippen molar-refractivity contribution in [2.75, 3.05) is 0 Å². The Kier molecular flexibility index (Phi) is 4.86. The fourth-order valence-electron chi connectivity index (χ4n) is 2.96. The molecule has 2 N–H and O–H groups in total. The summed E-state index contributed by atoms with van der Waals surface area (Å²) in [6, 6.07) is 6.06. The second-order valence-corrected chi connectivity index (χ2v) is 6.85. The zero-order chi connectivity index (χ0) is 19.9. The summed E-state index contributed by atoms with van der Waals surface area (Å²) >= 11 is 3.19. The molecule has 3 rings (SSSR count). The van der Waals surface area contributed by atoms with Gasteiger partial charge in [-0.15, -0.1) is 0 Å². The second kappa shape index (κ2) is 6.84. The van der Waals surface area contributed by atoms with E-state index in [0.29, 0.717) is 15.9 Å². The van der Waals surface area contributed by atoms with Gasteiger partial charge in [-0.2, -0.15) is 13.2 Å². The lowest BCUT2D eigenvalue weighted by Crippen LogP contribution is -2.17. The Morgan fingerprint density at radius 1 is 1.00 bits per heavy atom. The number of halogens is 4. The van der Waals surface area contributed by atoms with E-state index in [1.807, 2.05) is 0 Å². The van der Waals surface area contributed by atoms with Gasteiger partial charge >= 0.3 is 6.18 Å². The smallest absolute Gasteiger partial charge is 0.361 e. The van der Waals surface area contributed by atoms with E-state index in [-0.39, 0.29) is 27.8 Å². The van der Waals surface area contributed by atoms with E-state index in [1.54, 1.807) is 13.8 Å². The standard InChI is InChI=1S/C19H14BrF3N2O2/c1-9-16(18(27)17(20)10(2)25-9)12-8-24-14(7-15(12)26)11-5-3-4-6-13(11)19(21,22)23/h3-8H,1-2H3,(H,24,26)(H,25,27). The molecule has 2 heterocycles. The Morgan fingerprint density at radius 2 is 1.67 bits per heavy atom. The van der Waals surface area contributed by atoms with Crippen LogP contribution < -0.4 is 10.9 Å². The van der Waals surface area contributed by atoms with E-state index >= 15 is 0 Å². The van der Waals surface area contributed by atoms with E-state index in [9.17, 15) is 22.8 Å². The third-order valence-corrected chi connectivity index (χ3v) is 5.17. The average molecular weight is 439 g/mol. The molecule has 140 valence electrons. The van der Waals surface area contributed by atoms with Gasteiger partial charge < -0.3 is 9.97 Å². The second-order valence-electron chi connectivity index (χ2n) is 6.06. The van der Waals surface area contributed by atoms with Gasteiger partial charge in [-0.1, -0.05) is 18.2 Å². The van der Waals surface area contributed by atoms with Crippen LogP contribution in [-0.4, -0.2) is 9.97 Å². The Morgan fingerprint density at radius 3 is 2.30 bits per heavy atom. The molecule has 0 saturated heterocycles. The van der Waals surface area contributed by atoms with Gasteiger partial charge in [0, 0.05) is 34.9 Å². The number of pyridine rings is 2. The van der Waals surface area contributed by atoms with Gasteiger partial charge in [0.1, 0.15) is 0 Å². The molecule has 27 heavy (non-hydrogen) atoms. The van der Waals surface area contributed by atoms with Crippen molar-refractivity contribution < 1.29 is 13.2 Å². The van der Waals surface area contributed by atoms with E-state index in [0.717, 1.165) is 12.1 Å². The molecular formula is C19H14BrF3N2O2. The van der Waals surface area contributed by atoms with Crippen LogP contribution in [0.25, 0.3) is 22.4 Å². The normalized spacial score (nSPS) is 11.6. The minimum absolute atomic E-state index is 0.0249. The SMILES string of the molecule is Cc1[nH]c(C)c(-c2c[nH]c(-c3ccccc3C(F)(F)F)cc2=O)c(=O)c1Br. The molecule has 8 heteroatoms. The van der Waals surface area contributed by atoms with E-state index in [4.69, 9.17) is 0 Å². The van der Waals surface area contributed by atoms with Crippen LogP contribution in [0.5, 0.6) is 0 Å². The van der Waals surface area contributed by atoms with Crippen molar-refractivity contribution in [3.05, 3.63) is 78.4 Å². The zero-order valence-corrected chi connectivity index (χ0v) is 15.9. The third kappa shape index (κ3) is 3.49. The van der Waals surface area contributed by atoms with Gasteiger partial charge in [-0.05, 0) is 35.8 Å². The Labute approximate surface area is 160 Å². The predicted molar refractivity (Wildman–Crippen MR) is 101 cm³/mol. The summed E-state index contributed by atoms with van der Waals surface area (Å²) < 4.78 is 40.0. The van der Waals surface area contributed by atoms with Crippen LogP contribution in [0.1, 0.15) is 17.0 Å². The van der Waals surface area contributed by atoms with Crippen LogP contribution in [0.3, 0.4) is 0 Å². The lowest BCUT2D eigenvalue weighted by Gasteiger charge is -2.13. The van der Waals surface area contributed by atoms with Crippen LogP contribution in [0.4, 0.5) is 13.2 Å². The van der Waals surface area contributed by atoms with Gasteiger partial charge in [0.15, 0.2) is 5.43 Å². The van der Waals surface area contributed by atoms with Crippen molar-refractivity contribution in [1.82, 2.24) is 9.97 Å². The number of hydrogen-bond acceptors (Lipinski definition) is 2. The maximum absolute atomic E-state index is 13.2. The molecule has 0 aliphatic heterocycles. The number of aryl methyl sites for hydroxylation is 2. The summed E-state index contributed by atoms with van der Waals surface area (Å²) in [6.07, 6.45) is -3.29. The van der Waals surface area contributed by atoms with Crippen LogP contribution in [-0.2, 0) is 6.18 Å². The highest BCUT2D eigenvalue weighted by Crippen LogP contribution is 2.36. The molecule has 0 radical (unpaired) electrons. The number of aromatic nitrogens is 2. The van der Waals surface area contributed by atoms with Crippen LogP contribution in [0.15, 0.2) is 50.6 Å². The fourth-order valence-corrected chi connectivity index (χ4v) is 3.26. The number of alkyl halides is 3. The zero-order valence-electron chi connectivity index (χ0n) is 14.3. The van der Waals surface area contributed by atoms with Crippen molar-refractivity contribution >= 4 is 15.9 Å². The molecule has 0 fully saturated rings. The maximum Gasteiger partial charge on any atom is 0.417 e. The van der Waals surface area contributed by atoms with Crippen LogP contribution in [0.2, 0.25) is 0 Å². The lowest BCUT2D eigenvalue weighted by atomic mass is 10.0. The minimum atomic E-state index is -4.55. The van der Waals surface area contributed by atoms with Gasteiger partial charge in [-0.3, -0.25) is 9.59 Å². The molecule has 0 atom stereocenters. The minimum Gasteiger partial charge on any atom is -0.361 e. The highest BCUT2D eigenvalue weighted by molar-refractivity contribution is 9.10. The topological polar surface area (TPSA) is 65.7 Å². The molecule has 0 unspecified atom stereocenters. The number of benzene rings is 1. The highest BCUT2D eigenvalue weighted by atomic mass is 79.9. The molecular weight excluding hydrogens is 425 g/mol. The van der Waals surface area contributed by atoms with Gasteiger partial charge in [0.05, 0.1) is 21.2 Å². The lowest BCUT2D eigenvalue weighted by molar-refractivity contribution is -0.137. The molecule has 4 nitrogen and oxygen atoms in total. The Balaban J connectivity index is 2.20. The van der Waals surface area contributed by atoms with E-state index < -0.39 is 17.2 Å². The average Bonchev–Trinajstić information content (AvgIpc) is 2.60. The van der Waals surface area contributed by atoms with E-state index in [2.05, 4.69) is 25.9 Å². The molecule has 0 aliphatic carbocycles. The summed E-state index contributed by atoms with van der Waals surface area (Å²) in [5.41, 5.74) is -0.500. The first-order valence-corrected chi connectivity index (χ1v) is 8.69. The summed E-state index contributed by atoms with van der Waals surface area (Å²) in [5, 5.41) is 0. The monoisotopic (exact) mass is 438 g/mol. The number of nitrogens with one attached hydrogen (secondary N) is 2. The molecule has 0 bridgehead atoms. The first-order valence-electron chi connectivity index (χ1n) is 7.90. The Bertz CT molecular complexity index is 1150. The van der Waals surface area contributed by atoms with Crippen molar-refractivity contribution in [2.45, 2.75) is 20.0 Å². The van der Waals surface area contributed by atoms with Crippen LogP contribution in [0, 0.1) is 13.8 Å². The summed E-state index contributed by atoms with van der Waals surface area (Å²) in [7, 11) is 0. The molecule has 0 saturated carbocycles. The molecule has 0 spiro atoms. The fraction of sp³-hybridized carbons (Fsp3) is 0.158. The van der Waals surface area contributed by atoms with Gasteiger partial charge in [0.25, 0.3) is 0 Å². The van der Waals surface area contributed by atoms with Gasteiger partial charge in [0.2, 0.25) is 5.43 Å². The quantitative estimate of drug-likeness (QED) is 0.603. The number of hydrogen-bond donors (Lipinski definition) is 2. The number of aromatic amines is 2. The van der Waals surface area contributed by atoms with Crippen molar-refractivity contribution in [1.29, 1.82) is 0 Å². The molecule has 0 amide bonds. The first-order chi connectivity index (χ1) is 12.6. The predicted octanol–water partition coefficient (Wildman–Crippen LogP) is 4.80. The molecule has 0 aliphatic rings. The molecule has 3 aromatic rings. The molecule has 1 aromatic carbocycles. The van der Waals surface area contributed by atoms with Gasteiger partial charge in [-0.25, -0.2) is 0 Å². The third-order valence-electron chi connectivity index (χ3n) is 4.21. The summed E-state index contributed by atoms with van der Waals surface area (Å²) in [4.78, 5) is 30.9. The maximum atomic E-state index is 13.2. The van der Waals surface area contributed by atoms with Crippen LogP contribution >= 0.6 is 15.9 Å². The molecule has 2 aromatic heterocycles. The highest BCUT2D eigenvalue weighted by Gasteiger charge is 2.33. The van der Waals surface area contributed by atoms with E-state index in [1.165, 1.54) is 24.4 Å².